The number of anilines is 1. The van der Waals surface area contributed by atoms with Crippen LogP contribution < -0.4 is 14.5 Å². The molecule has 3 aromatic rings. The first-order valence-electron chi connectivity index (χ1n) is 11.4. The third-order valence-corrected chi connectivity index (χ3v) is 6.31. The molecule has 32 heavy (non-hydrogen) atoms. The van der Waals surface area contributed by atoms with E-state index in [2.05, 4.69) is 77.5 Å². The van der Waals surface area contributed by atoms with Crippen LogP contribution in [0.25, 0.3) is 0 Å². The van der Waals surface area contributed by atoms with Crippen LogP contribution in [0.5, 0.6) is 11.5 Å². The van der Waals surface area contributed by atoms with E-state index < -0.39 is 5.66 Å². The Morgan fingerprint density at radius 1 is 0.875 bits per heavy atom. The van der Waals surface area contributed by atoms with E-state index in [0.29, 0.717) is 13.2 Å². The molecular weight excluding hydrogens is 398 g/mol. The van der Waals surface area contributed by atoms with Gasteiger partial charge in [-0.15, -0.1) is 0 Å². The Labute approximate surface area is 189 Å². The lowest BCUT2D eigenvalue weighted by Crippen LogP contribution is -2.54. The van der Waals surface area contributed by atoms with E-state index in [9.17, 15) is 0 Å². The summed E-state index contributed by atoms with van der Waals surface area (Å²) in [6.07, 6.45) is 0.923. The summed E-state index contributed by atoms with van der Waals surface area (Å²) in [5.74, 6) is 2.60. The van der Waals surface area contributed by atoms with Gasteiger partial charge in [-0.1, -0.05) is 48.5 Å². The first-order valence-corrected chi connectivity index (χ1v) is 11.4. The summed E-state index contributed by atoms with van der Waals surface area (Å²) in [4.78, 5) is 2.42. The number of hydrogen-bond donors (Lipinski definition) is 0. The number of para-hydroxylation sites is 1. The Morgan fingerprint density at radius 2 is 1.50 bits per heavy atom. The predicted molar refractivity (Wildman–Crippen MR) is 128 cm³/mol. The minimum atomic E-state index is -0.475. The maximum Gasteiger partial charge on any atom is 0.161 e. The molecule has 0 saturated heterocycles. The molecule has 0 radical (unpaired) electrons. The Bertz CT molecular complexity index is 1130. The molecule has 0 spiro atoms. The molecule has 0 bridgehead atoms. The molecule has 0 aromatic heterocycles. The summed E-state index contributed by atoms with van der Waals surface area (Å²) in [5, 5.41) is 7.34. The molecule has 0 saturated carbocycles. The number of fused-ring (bicyclic) bond motifs is 3. The molecule has 5 heteroatoms. The van der Waals surface area contributed by atoms with Crippen molar-refractivity contribution in [2.24, 2.45) is 5.10 Å². The van der Waals surface area contributed by atoms with Gasteiger partial charge in [0.05, 0.1) is 18.9 Å². The smallest absolute Gasteiger partial charge is 0.161 e. The van der Waals surface area contributed by atoms with Crippen molar-refractivity contribution in [1.82, 2.24) is 4.90 Å². The van der Waals surface area contributed by atoms with Crippen LogP contribution in [0.4, 0.5) is 5.69 Å². The van der Waals surface area contributed by atoms with Gasteiger partial charge in [0.25, 0.3) is 0 Å². The molecule has 5 rings (SSSR count). The molecule has 164 valence electrons. The number of rotatable bonds is 6. The first-order chi connectivity index (χ1) is 15.7. The van der Waals surface area contributed by atoms with E-state index in [4.69, 9.17) is 14.6 Å². The highest BCUT2D eigenvalue weighted by atomic mass is 16.5. The summed E-state index contributed by atoms with van der Waals surface area (Å²) in [6.45, 7) is 8.35. The van der Waals surface area contributed by atoms with E-state index >= 15 is 0 Å². The van der Waals surface area contributed by atoms with Crippen molar-refractivity contribution in [3.8, 4) is 11.5 Å². The van der Waals surface area contributed by atoms with Crippen molar-refractivity contribution < 1.29 is 9.47 Å². The second kappa shape index (κ2) is 8.23. The highest BCUT2D eigenvalue weighted by Gasteiger charge is 2.50. The molecule has 2 aliphatic rings. The molecule has 0 amide bonds. The highest BCUT2D eigenvalue weighted by molar-refractivity contribution is 6.02. The average molecular weight is 428 g/mol. The van der Waals surface area contributed by atoms with E-state index in [1.807, 2.05) is 26.0 Å². The van der Waals surface area contributed by atoms with E-state index in [1.54, 1.807) is 0 Å². The van der Waals surface area contributed by atoms with Crippen LogP contribution in [0.3, 0.4) is 0 Å². The monoisotopic (exact) mass is 427 g/mol. The zero-order chi connectivity index (χ0) is 22.1. The summed E-state index contributed by atoms with van der Waals surface area (Å²) < 4.78 is 11.9. The van der Waals surface area contributed by atoms with Gasteiger partial charge in [-0.2, -0.15) is 5.10 Å². The molecular formula is C27H29N3O2. The number of hydrogen-bond acceptors (Lipinski definition) is 5. The highest BCUT2D eigenvalue weighted by Crippen LogP contribution is 2.48. The number of nitrogens with zero attached hydrogens (tertiary/aromatic N) is 3. The van der Waals surface area contributed by atoms with E-state index in [-0.39, 0.29) is 0 Å². The van der Waals surface area contributed by atoms with Crippen LogP contribution in [-0.2, 0) is 12.1 Å². The molecule has 0 fully saturated rings. The van der Waals surface area contributed by atoms with E-state index in [0.717, 1.165) is 41.6 Å². The molecule has 0 aliphatic carbocycles. The van der Waals surface area contributed by atoms with Crippen molar-refractivity contribution in [3.05, 3.63) is 89.5 Å². The van der Waals surface area contributed by atoms with Gasteiger partial charge in [0.1, 0.15) is 0 Å². The van der Waals surface area contributed by atoms with Crippen LogP contribution in [-0.4, -0.2) is 30.5 Å². The zero-order valence-electron chi connectivity index (χ0n) is 18.9. The van der Waals surface area contributed by atoms with Crippen molar-refractivity contribution in [2.45, 2.75) is 32.9 Å². The fraction of sp³-hybridized carbons (Fsp3) is 0.296. The third-order valence-electron chi connectivity index (χ3n) is 6.31. The van der Waals surface area contributed by atoms with Crippen molar-refractivity contribution in [1.29, 1.82) is 0 Å². The summed E-state index contributed by atoms with van der Waals surface area (Å²) in [6, 6.07) is 25.2. The standard InChI is InChI=1S/C27H29N3O2/c1-4-31-24-18-21-16-17-29-26(20-12-8-6-9-13-20)28-30(22-14-10-7-11-15-22)27(29,3)23(21)19-25(24)32-5-2/h6-15,18-19H,4-5,16-17H2,1-3H3. The topological polar surface area (TPSA) is 37.3 Å². The van der Waals surface area contributed by atoms with Gasteiger partial charge in [0, 0.05) is 17.7 Å². The van der Waals surface area contributed by atoms with Gasteiger partial charge < -0.3 is 14.4 Å². The Hall–Kier alpha value is -3.47. The minimum absolute atomic E-state index is 0.475. The fourth-order valence-electron chi connectivity index (χ4n) is 4.85. The Morgan fingerprint density at radius 3 is 2.16 bits per heavy atom. The minimum Gasteiger partial charge on any atom is -0.490 e. The summed E-state index contributed by atoms with van der Waals surface area (Å²) >= 11 is 0. The number of benzene rings is 3. The SMILES string of the molecule is CCOc1cc2c(cc1OCC)C1(C)N(CC2)C(c2ccccc2)=NN1c1ccccc1. The summed E-state index contributed by atoms with van der Waals surface area (Å²) in [5.41, 5.74) is 4.19. The van der Waals surface area contributed by atoms with Crippen molar-refractivity contribution in [2.75, 3.05) is 24.8 Å². The molecule has 1 atom stereocenters. The van der Waals surface area contributed by atoms with Gasteiger partial charge >= 0.3 is 0 Å². The van der Waals surface area contributed by atoms with Gasteiger partial charge in [-0.25, -0.2) is 5.01 Å². The van der Waals surface area contributed by atoms with Gasteiger partial charge in [-0.05, 0) is 57.0 Å². The fourth-order valence-corrected chi connectivity index (χ4v) is 4.85. The molecule has 3 aromatic carbocycles. The number of hydrazone groups is 1. The van der Waals surface area contributed by atoms with Crippen LogP contribution in [0.1, 0.15) is 37.5 Å². The average Bonchev–Trinajstić information content (AvgIpc) is 3.14. The van der Waals surface area contributed by atoms with Crippen LogP contribution >= 0.6 is 0 Å². The second-order valence-electron chi connectivity index (χ2n) is 8.18. The lowest BCUT2D eigenvalue weighted by atomic mass is 9.86. The van der Waals surface area contributed by atoms with Gasteiger partial charge in [-0.3, -0.25) is 0 Å². The van der Waals surface area contributed by atoms with Crippen molar-refractivity contribution >= 4 is 11.5 Å². The normalized spacial score (nSPS) is 19.3. The summed E-state index contributed by atoms with van der Waals surface area (Å²) in [7, 11) is 0. The van der Waals surface area contributed by atoms with Crippen molar-refractivity contribution in [3.63, 3.8) is 0 Å². The zero-order valence-corrected chi connectivity index (χ0v) is 18.9. The molecule has 2 aliphatic heterocycles. The maximum atomic E-state index is 6.00. The number of amidine groups is 1. The first kappa shape index (κ1) is 20.4. The molecule has 5 nitrogen and oxygen atoms in total. The Balaban J connectivity index is 1.69. The van der Waals surface area contributed by atoms with E-state index in [1.165, 1.54) is 11.1 Å². The molecule has 1 unspecified atom stereocenters. The predicted octanol–water partition coefficient (Wildman–Crippen LogP) is 5.40. The molecule has 2 heterocycles. The third kappa shape index (κ3) is 3.20. The second-order valence-corrected chi connectivity index (χ2v) is 8.18. The van der Waals surface area contributed by atoms with Gasteiger partial charge in [0.2, 0.25) is 0 Å². The quantitative estimate of drug-likeness (QED) is 0.528. The lowest BCUT2D eigenvalue weighted by molar-refractivity contribution is 0.194. The maximum absolute atomic E-state index is 6.00. The lowest BCUT2D eigenvalue weighted by Gasteiger charge is -2.46. The van der Waals surface area contributed by atoms with Crippen LogP contribution in [0, 0.1) is 0 Å². The largest absolute Gasteiger partial charge is 0.490 e. The van der Waals surface area contributed by atoms with Crippen LogP contribution in [0.2, 0.25) is 0 Å². The van der Waals surface area contributed by atoms with Gasteiger partial charge in [0.15, 0.2) is 23.0 Å². The number of ether oxygens (including phenoxy) is 2. The Kier molecular flexibility index (Phi) is 5.25. The van der Waals surface area contributed by atoms with Crippen LogP contribution in [0.15, 0.2) is 77.9 Å². The molecule has 0 N–H and O–H groups in total.